The Labute approximate surface area is 183 Å². The number of nitrogens with zero attached hydrogens (tertiary/aromatic N) is 2. The molecule has 0 N–H and O–H groups in total. The maximum Gasteiger partial charge on any atom is 0.338 e. The Morgan fingerprint density at radius 2 is 1.56 bits per heavy atom. The van der Waals surface area contributed by atoms with Crippen LogP contribution in [0.2, 0.25) is 0 Å². The van der Waals surface area contributed by atoms with Crippen molar-refractivity contribution in [1.29, 1.82) is 0 Å². The molecule has 0 saturated carbocycles. The third-order valence-electron chi connectivity index (χ3n) is 5.66. The molecule has 7 nitrogen and oxygen atoms in total. The van der Waals surface area contributed by atoms with E-state index >= 15 is 0 Å². The molecule has 0 atom stereocenters. The Kier molecular flexibility index (Phi) is 4.59. The van der Waals surface area contributed by atoms with Crippen molar-refractivity contribution in [2.24, 2.45) is 0 Å². The molecule has 2 amide bonds. The first kappa shape index (κ1) is 19.7. The Morgan fingerprint density at radius 1 is 0.938 bits per heavy atom. The van der Waals surface area contributed by atoms with Gasteiger partial charge in [0.15, 0.2) is 0 Å². The van der Waals surface area contributed by atoms with Gasteiger partial charge in [-0.15, -0.1) is 0 Å². The molecular formula is C25H18N2O5. The number of rotatable bonds is 4. The van der Waals surface area contributed by atoms with Gasteiger partial charge in [-0.1, -0.05) is 29.4 Å². The van der Waals surface area contributed by atoms with E-state index in [2.05, 4.69) is 5.16 Å². The summed E-state index contributed by atoms with van der Waals surface area (Å²) < 4.78 is 10.4. The molecule has 32 heavy (non-hydrogen) atoms. The van der Waals surface area contributed by atoms with Gasteiger partial charge >= 0.3 is 5.97 Å². The van der Waals surface area contributed by atoms with Gasteiger partial charge in [0.2, 0.25) is 0 Å². The second kappa shape index (κ2) is 7.46. The topological polar surface area (TPSA) is 89.7 Å². The highest BCUT2D eigenvalue weighted by molar-refractivity contribution is 6.35. The van der Waals surface area contributed by atoms with Crippen LogP contribution in [-0.4, -0.2) is 22.9 Å². The Bertz CT molecular complexity index is 1330. The molecule has 0 spiro atoms. The summed E-state index contributed by atoms with van der Waals surface area (Å²) in [6.45, 7) is 3.58. The summed E-state index contributed by atoms with van der Waals surface area (Å²) in [7, 11) is 0. The van der Waals surface area contributed by atoms with Gasteiger partial charge in [0, 0.05) is 16.5 Å². The van der Waals surface area contributed by atoms with Crippen LogP contribution in [0.3, 0.4) is 0 Å². The molecule has 0 fully saturated rings. The highest BCUT2D eigenvalue weighted by Gasteiger charge is 2.33. The molecule has 158 valence electrons. The number of aromatic nitrogens is 1. The van der Waals surface area contributed by atoms with Crippen molar-refractivity contribution in [2.45, 2.75) is 20.5 Å². The maximum atomic E-state index is 13.1. The van der Waals surface area contributed by atoms with Crippen molar-refractivity contribution >= 4 is 34.2 Å². The third-order valence-corrected chi connectivity index (χ3v) is 5.66. The van der Waals surface area contributed by atoms with E-state index < -0.39 is 17.8 Å². The lowest BCUT2D eigenvalue weighted by Gasteiger charge is -2.27. The summed E-state index contributed by atoms with van der Waals surface area (Å²) in [5.74, 6) is -0.716. The number of hydrogen-bond donors (Lipinski definition) is 0. The van der Waals surface area contributed by atoms with Gasteiger partial charge in [-0.25, -0.2) is 9.69 Å². The number of hydrogen-bond acceptors (Lipinski definition) is 6. The lowest BCUT2D eigenvalue weighted by Crippen LogP contribution is -2.40. The molecule has 1 aliphatic heterocycles. The molecule has 4 aromatic rings. The first-order valence-corrected chi connectivity index (χ1v) is 10.0. The average Bonchev–Trinajstić information content (AvgIpc) is 3.13. The second-order valence-corrected chi connectivity index (χ2v) is 7.58. The Balaban J connectivity index is 1.40. The highest BCUT2D eigenvalue weighted by Crippen LogP contribution is 2.32. The van der Waals surface area contributed by atoms with Gasteiger partial charge in [-0.2, -0.15) is 0 Å². The molecule has 5 rings (SSSR count). The monoisotopic (exact) mass is 426 g/mol. The minimum atomic E-state index is -0.525. The van der Waals surface area contributed by atoms with Crippen LogP contribution in [0.1, 0.15) is 48.1 Å². The predicted molar refractivity (Wildman–Crippen MR) is 117 cm³/mol. The van der Waals surface area contributed by atoms with Crippen molar-refractivity contribution in [3.63, 3.8) is 0 Å². The lowest BCUT2D eigenvalue weighted by molar-refractivity contribution is 0.0470. The van der Waals surface area contributed by atoms with Gasteiger partial charge in [-0.05, 0) is 55.6 Å². The minimum Gasteiger partial charge on any atom is -0.457 e. The van der Waals surface area contributed by atoms with E-state index in [1.54, 1.807) is 50.2 Å². The fourth-order valence-electron chi connectivity index (χ4n) is 3.94. The number of carbonyl (C=O) groups excluding carboxylic acids is 3. The quantitative estimate of drug-likeness (QED) is 0.350. The fourth-order valence-corrected chi connectivity index (χ4v) is 3.94. The third kappa shape index (κ3) is 3.06. The number of amides is 2. The van der Waals surface area contributed by atoms with Gasteiger partial charge in [-0.3, -0.25) is 9.59 Å². The molecule has 1 aromatic heterocycles. The van der Waals surface area contributed by atoms with Crippen LogP contribution in [0, 0.1) is 13.8 Å². The molecule has 0 unspecified atom stereocenters. The normalized spacial score (nSPS) is 13.0. The van der Waals surface area contributed by atoms with Gasteiger partial charge in [0.1, 0.15) is 12.4 Å². The van der Waals surface area contributed by atoms with Crippen molar-refractivity contribution in [2.75, 3.05) is 4.90 Å². The average molecular weight is 426 g/mol. The number of benzene rings is 3. The summed E-state index contributed by atoms with van der Waals surface area (Å²) in [5, 5.41) is 5.35. The van der Waals surface area contributed by atoms with E-state index in [0.717, 1.165) is 15.8 Å². The molecule has 0 radical (unpaired) electrons. The smallest absolute Gasteiger partial charge is 0.338 e. The summed E-state index contributed by atoms with van der Waals surface area (Å²) in [6.07, 6.45) is 0. The van der Waals surface area contributed by atoms with E-state index in [1.807, 2.05) is 12.1 Å². The van der Waals surface area contributed by atoms with Crippen LogP contribution < -0.4 is 4.90 Å². The summed E-state index contributed by atoms with van der Waals surface area (Å²) in [6, 6.07) is 17.0. The Hall–Kier alpha value is -4.26. The zero-order chi connectivity index (χ0) is 22.4. The molecule has 0 saturated heterocycles. The maximum absolute atomic E-state index is 13.1. The minimum absolute atomic E-state index is 0.0473. The van der Waals surface area contributed by atoms with Crippen molar-refractivity contribution in [3.05, 3.63) is 94.4 Å². The summed E-state index contributed by atoms with van der Waals surface area (Å²) in [5.41, 5.74) is 3.03. The van der Waals surface area contributed by atoms with E-state index in [1.165, 1.54) is 12.1 Å². The van der Waals surface area contributed by atoms with Gasteiger partial charge < -0.3 is 9.26 Å². The first-order chi connectivity index (χ1) is 15.5. The Morgan fingerprint density at radius 3 is 2.12 bits per heavy atom. The number of aryl methyl sites for hydroxylation is 2. The highest BCUT2D eigenvalue weighted by atomic mass is 16.5. The largest absolute Gasteiger partial charge is 0.457 e. The molecule has 3 aromatic carbocycles. The fraction of sp³-hybridized carbons (Fsp3) is 0.120. The molecule has 2 heterocycles. The summed E-state index contributed by atoms with van der Waals surface area (Å²) in [4.78, 5) is 39.8. The number of ether oxygens (including phenoxy) is 1. The molecule has 1 aliphatic rings. The number of anilines is 1. The molecule has 7 heteroatoms. The van der Waals surface area contributed by atoms with Crippen LogP contribution in [-0.2, 0) is 11.3 Å². The number of carbonyl (C=O) groups is 3. The SMILES string of the molecule is Cc1noc(C)c1COC(=O)c1ccc(N2C(=O)c3cccc4cccc(c34)C2=O)cc1. The van der Waals surface area contributed by atoms with E-state index in [9.17, 15) is 14.4 Å². The zero-order valence-corrected chi connectivity index (χ0v) is 17.4. The van der Waals surface area contributed by atoms with Gasteiger partial charge in [0.25, 0.3) is 11.8 Å². The second-order valence-electron chi connectivity index (χ2n) is 7.58. The van der Waals surface area contributed by atoms with Gasteiger partial charge in [0.05, 0.1) is 22.5 Å². The molecule has 0 aliphatic carbocycles. The van der Waals surface area contributed by atoms with Crippen LogP contribution in [0.4, 0.5) is 5.69 Å². The van der Waals surface area contributed by atoms with Crippen molar-refractivity contribution in [3.8, 4) is 0 Å². The predicted octanol–water partition coefficient (Wildman–Crippen LogP) is 4.60. The molecule has 0 bridgehead atoms. The number of imide groups is 1. The van der Waals surface area contributed by atoms with Crippen molar-refractivity contribution < 1.29 is 23.6 Å². The van der Waals surface area contributed by atoms with E-state index in [0.29, 0.717) is 39.2 Å². The van der Waals surface area contributed by atoms with Crippen molar-refractivity contribution in [1.82, 2.24) is 5.16 Å². The van der Waals surface area contributed by atoms with E-state index in [-0.39, 0.29) is 6.61 Å². The molecular weight excluding hydrogens is 408 g/mol. The van der Waals surface area contributed by atoms with Crippen LogP contribution in [0.15, 0.2) is 65.2 Å². The lowest BCUT2D eigenvalue weighted by atomic mass is 9.94. The zero-order valence-electron chi connectivity index (χ0n) is 17.4. The van der Waals surface area contributed by atoms with Crippen LogP contribution in [0.25, 0.3) is 10.8 Å². The van der Waals surface area contributed by atoms with Crippen LogP contribution in [0.5, 0.6) is 0 Å². The first-order valence-electron chi connectivity index (χ1n) is 10.0. The summed E-state index contributed by atoms with van der Waals surface area (Å²) >= 11 is 0. The number of esters is 1. The standard InChI is InChI=1S/C25H18N2O5/c1-14-21(15(2)32-26-14)13-31-25(30)17-9-11-18(12-10-17)27-23(28)19-7-3-5-16-6-4-8-20(22(16)19)24(27)29/h3-12H,13H2,1-2H3. The van der Waals surface area contributed by atoms with Crippen LogP contribution >= 0.6 is 0 Å². The van der Waals surface area contributed by atoms with E-state index in [4.69, 9.17) is 9.26 Å².